The van der Waals surface area contributed by atoms with Gasteiger partial charge in [0.15, 0.2) is 0 Å². The molecule has 6 heteroatoms. The van der Waals surface area contributed by atoms with Crippen LogP contribution < -0.4 is 0 Å². The number of hydrogen-bond donors (Lipinski definition) is 0. The Morgan fingerprint density at radius 1 is 0.692 bits per heavy atom. The minimum atomic E-state index is 0.934. The fourth-order valence-electron chi connectivity index (χ4n) is 1.98. The number of nitrogens with zero attached hydrogens (tertiary/aromatic N) is 4. The second-order valence-corrected chi connectivity index (χ2v) is 8.42. The second-order valence-electron chi connectivity index (χ2n) is 5.72. The molecule has 0 spiro atoms. The van der Waals surface area contributed by atoms with Crippen molar-refractivity contribution in [3.63, 3.8) is 0 Å². The fourth-order valence-corrected chi connectivity index (χ4v) is 4.05. The van der Waals surface area contributed by atoms with Gasteiger partial charge in [-0.15, -0.1) is 0 Å². The molecular formula is C20H26N4S2. The van der Waals surface area contributed by atoms with Gasteiger partial charge < -0.3 is 0 Å². The molecule has 0 aliphatic heterocycles. The van der Waals surface area contributed by atoms with Crippen LogP contribution in [-0.2, 0) is 0 Å². The van der Waals surface area contributed by atoms with Crippen LogP contribution in [0.3, 0.4) is 0 Å². The summed E-state index contributed by atoms with van der Waals surface area (Å²) in [5.41, 5.74) is 2.25. The highest BCUT2D eigenvalue weighted by atomic mass is 33.1. The van der Waals surface area contributed by atoms with Crippen LogP contribution in [0.5, 0.6) is 0 Å². The molecule has 2 aromatic carbocycles. The summed E-state index contributed by atoms with van der Waals surface area (Å²) in [5.74, 6) is 2.09. The van der Waals surface area contributed by atoms with Crippen LogP contribution in [-0.4, -0.2) is 61.1 Å². The molecule has 0 saturated heterocycles. The highest BCUT2D eigenvalue weighted by Gasteiger charge is 1.97. The molecule has 0 fully saturated rings. The van der Waals surface area contributed by atoms with Gasteiger partial charge in [-0.05, 0) is 11.1 Å². The van der Waals surface area contributed by atoms with Crippen LogP contribution in [0.15, 0.2) is 70.9 Å². The van der Waals surface area contributed by atoms with E-state index < -0.39 is 0 Å². The summed E-state index contributed by atoms with van der Waals surface area (Å²) in [5, 5.41) is 12.9. The van der Waals surface area contributed by atoms with E-state index in [1.54, 1.807) is 0 Å². The van der Waals surface area contributed by atoms with Crippen LogP contribution in [0.1, 0.15) is 11.1 Å². The summed E-state index contributed by atoms with van der Waals surface area (Å²) in [7, 11) is 7.79. The molecule has 0 heterocycles. The van der Waals surface area contributed by atoms with Crippen molar-refractivity contribution in [2.75, 3.05) is 38.7 Å². The molecule has 2 aromatic rings. The number of hydrogen-bond acceptors (Lipinski definition) is 6. The predicted octanol–water partition coefficient (Wildman–Crippen LogP) is 4.30. The van der Waals surface area contributed by atoms with Crippen molar-refractivity contribution in [1.29, 1.82) is 0 Å². The molecule has 0 radical (unpaired) electrons. The van der Waals surface area contributed by atoms with E-state index in [0.717, 1.165) is 35.7 Å². The first kappa shape index (κ1) is 20.4. The lowest BCUT2D eigenvalue weighted by Gasteiger charge is -2.13. The van der Waals surface area contributed by atoms with Gasteiger partial charge in [0, 0.05) is 38.7 Å². The zero-order valence-corrected chi connectivity index (χ0v) is 17.0. The smallest absolute Gasteiger partial charge is 0.0542 e. The Kier molecular flexibility index (Phi) is 9.75. The van der Waals surface area contributed by atoms with Gasteiger partial charge in [0.05, 0.1) is 12.4 Å². The molecule has 0 atom stereocenters. The van der Waals surface area contributed by atoms with E-state index in [9.17, 15) is 0 Å². The molecule has 0 aromatic heterocycles. The quantitative estimate of drug-likeness (QED) is 0.249. The van der Waals surface area contributed by atoms with Gasteiger partial charge >= 0.3 is 0 Å². The molecule has 138 valence electrons. The Morgan fingerprint density at radius 2 is 1.08 bits per heavy atom. The van der Waals surface area contributed by atoms with Gasteiger partial charge in [-0.3, -0.25) is 10.0 Å². The molecule has 0 unspecified atom stereocenters. The van der Waals surface area contributed by atoms with Crippen molar-refractivity contribution in [3.05, 3.63) is 71.8 Å². The first-order valence-corrected chi connectivity index (χ1v) is 11.1. The Labute approximate surface area is 164 Å². The van der Waals surface area contributed by atoms with Crippen molar-refractivity contribution in [2.45, 2.75) is 0 Å². The van der Waals surface area contributed by atoms with Gasteiger partial charge in [-0.2, -0.15) is 10.2 Å². The third kappa shape index (κ3) is 8.97. The van der Waals surface area contributed by atoms with Crippen molar-refractivity contribution < 1.29 is 0 Å². The van der Waals surface area contributed by atoms with Crippen LogP contribution in [0.4, 0.5) is 0 Å². The van der Waals surface area contributed by atoms with Gasteiger partial charge in [-0.25, -0.2) is 0 Å². The zero-order chi connectivity index (χ0) is 18.5. The molecule has 4 nitrogen and oxygen atoms in total. The SMILES string of the molecule is CN(CCSSCCN(C)/N=C/c1ccccc1)/N=C\c1ccccc1. The van der Waals surface area contributed by atoms with E-state index in [-0.39, 0.29) is 0 Å². The van der Waals surface area contributed by atoms with Gasteiger partial charge in [-0.1, -0.05) is 82.3 Å². The average Bonchev–Trinajstić information content (AvgIpc) is 2.69. The zero-order valence-electron chi connectivity index (χ0n) is 15.4. The summed E-state index contributed by atoms with van der Waals surface area (Å²) in [4.78, 5) is 0. The van der Waals surface area contributed by atoms with Crippen molar-refractivity contribution in [2.24, 2.45) is 10.2 Å². The van der Waals surface area contributed by atoms with Crippen LogP contribution >= 0.6 is 21.6 Å². The molecule has 0 bridgehead atoms. The minimum absolute atomic E-state index is 0.934. The minimum Gasteiger partial charge on any atom is -0.299 e. The highest BCUT2D eigenvalue weighted by molar-refractivity contribution is 8.76. The molecule has 0 N–H and O–H groups in total. The van der Waals surface area contributed by atoms with Gasteiger partial charge in [0.1, 0.15) is 0 Å². The summed E-state index contributed by atoms with van der Waals surface area (Å²) in [6.07, 6.45) is 3.80. The Hall–Kier alpha value is -1.92. The highest BCUT2D eigenvalue weighted by Crippen LogP contribution is 2.20. The molecule has 0 aliphatic carbocycles. The first-order valence-electron chi connectivity index (χ1n) is 8.59. The van der Waals surface area contributed by atoms with E-state index in [0.29, 0.717) is 0 Å². The molecule has 0 saturated carbocycles. The molecule has 2 rings (SSSR count). The Bertz CT molecular complexity index is 603. The first-order chi connectivity index (χ1) is 12.7. The monoisotopic (exact) mass is 386 g/mol. The topological polar surface area (TPSA) is 31.2 Å². The summed E-state index contributed by atoms with van der Waals surface area (Å²) in [6.45, 7) is 1.87. The third-order valence-corrected chi connectivity index (χ3v) is 5.85. The summed E-state index contributed by atoms with van der Waals surface area (Å²) < 4.78 is 0. The standard InChI is InChI=1S/C20H26N4S2/c1-23(21-17-19-9-5-3-6-10-19)13-15-25-26-16-14-24(2)22-18-20-11-7-4-8-12-20/h3-12,17-18H,13-16H2,1-2H3/b21-17-,22-18+. The van der Waals surface area contributed by atoms with Crippen molar-refractivity contribution in [3.8, 4) is 0 Å². The van der Waals surface area contributed by atoms with Crippen LogP contribution in [0, 0.1) is 0 Å². The summed E-state index contributed by atoms with van der Waals surface area (Å²) in [6, 6.07) is 20.3. The fraction of sp³-hybridized carbons (Fsp3) is 0.300. The molecule has 0 aliphatic rings. The lowest BCUT2D eigenvalue weighted by Crippen LogP contribution is -2.15. The van der Waals surface area contributed by atoms with Gasteiger partial charge in [0.25, 0.3) is 0 Å². The second kappa shape index (κ2) is 12.4. The molecule has 26 heavy (non-hydrogen) atoms. The van der Waals surface area contributed by atoms with E-state index in [1.807, 2.05) is 94.5 Å². The number of hydrazone groups is 2. The van der Waals surface area contributed by atoms with Crippen molar-refractivity contribution >= 4 is 34.0 Å². The van der Waals surface area contributed by atoms with E-state index >= 15 is 0 Å². The van der Waals surface area contributed by atoms with Crippen LogP contribution in [0.25, 0.3) is 0 Å². The normalized spacial score (nSPS) is 11.3. The maximum absolute atomic E-state index is 4.45. The maximum Gasteiger partial charge on any atom is 0.0542 e. The van der Waals surface area contributed by atoms with Gasteiger partial charge in [0.2, 0.25) is 0 Å². The largest absolute Gasteiger partial charge is 0.299 e. The van der Waals surface area contributed by atoms with E-state index in [2.05, 4.69) is 34.5 Å². The molecular weight excluding hydrogens is 360 g/mol. The lowest BCUT2D eigenvalue weighted by molar-refractivity contribution is 0.380. The Balaban J connectivity index is 1.52. The average molecular weight is 387 g/mol. The summed E-state index contributed by atoms with van der Waals surface area (Å²) >= 11 is 0. The number of benzene rings is 2. The predicted molar refractivity (Wildman–Crippen MR) is 118 cm³/mol. The van der Waals surface area contributed by atoms with E-state index in [1.165, 1.54) is 0 Å². The number of rotatable bonds is 11. The Morgan fingerprint density at radius 3 is 1.46 bits per heavy atom. The molecule has 0 amide bonds. The van der Waals surface area contributed by atoms with E-state index in [4.69, 9.17) is 0 Å². The third-order valence-electron chi connectivity index (χ3n) is 3.49. The lowest BCUT2D eigenvalue weighted by atomic mass is 10.2. The van der Waals surface area contributed by atoms with Crippen LogP contribution in [0.2, 0.25) is 0 Å². The van der Waals surface area contributed by atoms with Crippen molar-refractivity contribution in [1.82, 2.24) is 10.0 Å². The maximum atomic E-state index is 4.45.